The lowest BCUT2D eigenvalue weighted by atomic mass is 10.1. The van der Waals surface area contributed by atoms with E-state index in [0.29, 0.717) is 25.6 Å². The molecule has 3 aliphatic rings. The first-order chi connectivity index (χ1) is 11.7. The van der Waals surface area contributed by atoms with E-state index in [-0.39, 0.29) is 30.7 Å². The van der Waals surface area contributed by atoms with Gasteiger partial charge in [-0.3, -0.25) is 4.79 Å². The Kier molecular flexibility index (Phi) is 4.14. The molecule has 2 atom stereocenters. The largest absolute Gasteiger partial charge is 0.364 e. The molecule has 2 heterocycles. The molecule has 1 saturated carbocycles. The fourth-order valence-electron chi connectivity index (χ4n) is 3.53. The Morgan fingerprint density at radius 2 is 2.00 bits per heavy atom. The average Bonchev–Trinajstić information content (AvgIpc) is 3.32. The summed E-state index contributed by atoms with van der Waals surface area (Å²) in [6.45, 7) is 2.59. The summed E-state index contributed by atoms with van der Waals surface area (Å²) in [5.41, 5.74) is 1.07. The molecule has 0 radical (unpaired) electrons. The number of nitrogens with zero attached hydrogens (tertiary/aromatic N) is 2. The molecular formula is C18H23N3O3. The van der Waals surface area contributed by atoms with Gasteiger partial charge in [-0.2, -0.15) is 0 Å². The molecule has 1 aliphatic carbocycles. The van der Waals surface area contributed by atoms with Crippen molar-refractivity contribution in [3.8, 4) is 0 Å². The van der Waals surface area contributed by atoms with Crippen LogP contribution >= 0.6 is 0 Å². The van der Waals surface area contributed by atoms with Gasteiger partial charge in [0.2, 0.25) is 5.91 Å². The number of urea groups is 1. The molecule has 1 N–H and O–H groups in total. The second-order valence-corrected chi connectivity index (χ2v) is 6.96. The highest BCUT2D eigenvalue weighted by molar-refractivity contribution is 5.79. The maximum absolute atomic E-state index is 12.4. The minimum absolute atomic E-state index is 0.00863. The van der Waals surface area contributed by atoms with Crippen molar-refractivity contribution < 1.29 is 14.3 Å². The molecule has 2 aliphatic heterocycles. The molecule has 1 aromatic carbocycles. The average molecular weight is 329 g/mol. The van der Waals surface area contributed by atoms with Crippen LogP contribution in [0.25, 0.3) is 0 Å². The Hall–Kier alpha value is -2.08. The van der Waals surface area contributed by atoms with E-state index in [1.54, 1.807) is 4.90 Å². The topological polar surface area (TPSA) is 61.9 Å². The van der Waals surface area contributed by atoms with E-state index in [9.17, 15) is 9.59 Å². The maximum atomic E-state index is 12.4. The normalized spacial score (nSPS) is 26.4. The zero-order chi connectivity index (χ0) is 16.5. The van der Waals surface area contributed by atoms with Crippen molar-refractivity contribution in [3.05, 3.63) is 35.9 Å². The first-order valence-corrected chi connectivity index (χ1v) is 8.68. The number of hydrogen-bond donors (Lipinski definition) is 1. The molecule has 0 aromatic heterocycles. The van der Waals surface area contributed by atoms with Crippen LogP contribution in [0.5, 0.6) is 0 Å². The van der Waals surface area contributed by atoms with Crippen LogP contribution in [0.2, 0.25) is 0 Å². The van der Waals surface area contributed by atoms with Crippen molar-refractivity contribution in [2.24, 2.45) is 5.92 Å². The summed E-state index contributed by atoms with van der Waals surface area (Å²) < 4.78 is 5.68. The van der Waals surface area contributed by atoms with Crippen LogP contribution in [0.1, 0.15) is 18.4 Å². The van der Waals surface area contributed by atoms with Gasteiger partial charge in [-0.05, 0) is 24.3 Å². The molecule has 0 unspecified atom stereocenters. The summed E-state index contributed by atoms with van der Waals surface area (Å²) >= 11 is 0. The molecule has 3 amide bonds. The Balaban J connectivity index is 1.35. The molecule has 3 fully saturated rings. The zero-order valence-corrected chi connectivity index (χ0v) is 13.7. The summed E-state index contributed by atoms with van der Waals surface area (Å²) in [5, 5.41) is 2.96. The Labute approximate surface area is 141 Å². The number of benzene rings is 1. The van der Waals surface area contributed by atoms with Crippen LogP contribution in [-0.2, 0) is 16.1 Å². The van der Waals surface area contributed by atoms with Crippen molar-refractivity contribution in [2.45, 2.75) is 31.5 Å². The van der Waals surface area contributed by atoms with Crippen LogP contribution in [0, 0.1) is 5.92 Å². The minimum Gasteiger partial charge on any atom is -0.364 e. The van der Waals surface area contributed by atoms with Crippen LogP contribution < -0.4 is 5.32 Å². The predicted molar refractivity (Wildman–Crippen MR) is 88.2 cm³/mol. The Morgan fingerprint density at radius 1 is 1.21 bits per heavy atom. The number of carbonyl (C=O) groups excluding carboxylic acids is 2. The number of hydrogen-bond acceptors (Lipinski definition) is 3. The van der Waals surface area contributed by atoms with Gasteiger partial charge in [-0.1, -0.05) is 30.3 Å². The number of rotatable bonds is 4. The summed E-state index contributed by atoms with van der Waals surface area (Å²) in [6.07, 6.45) is 2.37. The van der Waals surface area contributed by atoms with E-state index in [1.807, 2.05) is 35.2 Å². The van der Waals surface area contributed by atoms with Crippen LogP contribution in [0.3, 0.4) is 0 Å². The summed E-state index contributed by atoms with van der Waals surface area (Å²) in [7, 11) is 0. The molecule has 4 rings (SSSR count). The van der Waals surface area contributed by atoms with Crippen molar-refractivity contribution >= 4 is 11.9 Å². The van der Waals surface area contributed by atoms with Gasteiger partial charge in [-0.15, -0.1) is 0 Å². The fraction of sp³-hybridized carbons (Fsp3) is 0.556. The summed E-state index contributed by atoms with van der Waals surface area (Å²) in [4.78, 5) is 28.3. The SMILES string of the molecule is O=C(NCc1ccccc1)N1C[C@@H]2[C@@H](C1)OCC(=O)N2CC1CC1. The van der Waals surface area contributed by atoms with Gasteiger partial charge in [0.15, 0.2) is 0 Å². The monoisotopic (exact) mass is 329 g/mol. The van der Waals surface area contributed by atoms with Crippen molar-refractivity contribution in [1.82, 2.24) is 15.1 Å². The van der Waals surface area contributed by atoms with Crippen LogP contribution in [0.15, 0.2) is 30.3 Å². The van der Waals surface area contributed by atoms with E-state index in [1.165, 1.54) is 12.8 Å². The zero-order valence-electron chi connectivity index (χ0n) is 13.7. The lowest BCUT2D eigenvalue weighted by Gasteiger charge is -2.36. The molecule has 6 nitrogen and oxygen atoms in total. The lowest BCUT2D eigenvalue weighted by molar-refractivity contribution is -0.153. The van der Waals surface area contributed by atoms with E-state index < -0.39 is 0 Å². The molecule has 0 bridgehead atoms. The van der Waals surface area contributed by atoms with Gasteiger partial charge < -0.3 is 19.9 Å². The first-order valence-electron chi connectivity index (χ1n) is 8.68. The van der Waals surface area contributed by atoms with Gasteiger partial charge >= 0.3 is 6.03 Å². The number of ether oxygens (including phenoxy) is 1. The summed E-state index contributed by atoms with van der Waals surface area (Å²) in [6, 6.07) is 9.78. The molecular weight excluding hydrogens is 306 g/mol. The first kappa shape index (κ1) is 15.4. The molecule has 2 saturated heterocycles. The van der Waals surface area contributed by atoms with Crippen molar-refractivity contribution in [1.29, 1.82) is 0 Å². The second-order valence-electron chi connectivity index (χ2n) is 6.96. The molecule has 6 heteroatoms. The number of amides is 3. The van der Waals surface area contributed by atoms with E-state index >= 15 is 0 Å². The number of morpholine rings is 1. The van der Waals surface area contributed by atoms with E-state index in [4.69, 9.17) is 4.74 Å². The highest BCUT2D eigenvalue weighted by Crippen LogP contribution is 2.33. The standard InChI is InChI=1S/C18H23N3O3/c22-17-12-24-16-11-20(10-15(16)21(17)9-14-6-7-14)18(23)19-8-13-4-2-1-3-5-13/h1-5,14-16H,6-12H2,(H,19,23)/t15-,16-/m1/s1. The Morgan fingerprint density at radius 3 is 2.75 bits per heavy atom. The quantitative estimate of drug-likeness (QED) is 0.903. The molecule has 1 aromatic rings. The second kappa shape index (κ2) is 6.43. The number of likely N-dealkylation sites (tertiary alicyclic amines) is 1. The van der Waals surface area contributed by atoms with Crippen molar-refractivity contribution in [3.63, 3.8) is 0 Å². The molecule has 24 heavy (non-hydrogen) atoms. The minimum atomic E-state index is -0.0873. The number of carbonyl (C=O) groups is 2. The van der Waals surface area contributed by atoms with E-state index in [2.05, 4.69) is 5.32 Å². The number of nitrogens with one attached hydrogen (secondary N) is 1. The maximum Gasteiger partial charge on any atom is 0.317 e. The van der Waals surface area contributed by atoms with Crippen LogP contribution in [-0.4, -0.2) is 60.1 Å². The van der Waals surface area contributed by atoms with Gasteiger partial charge in [-0.25, -0.2) is 4.79 Å². The molecule has 128 valence electrons. The highest BCUT2D eigenvalue weighted by atomic mass is 16.5. The van der Waals surface area contributed by atoms with Gasteiger partial charge in [0.05, 0.1) is 18.7 Å². The third kappa shape index (κ3) is 3.24. The molecule has 0 spiro atoms. The van der Waals surface area contributed by atoms with Crippen LogP contribution in [0.4, 0.5) is 4.79 Å². The third-order valence-electron chi connectivity index (χ3n) is 5.10. The summed E-state index contributed by atoms with van der Waals surface area (Å²) in [5.74, 6) is 0.711. The van der Waals surface area contributed by atoms with Gasteiger partial charge in [0, 0.05) is 19.6 Å². The smallest absolute Gasteiger partial charge is 0.317 e. The highest BCUT2D eigenvalue weighted by Gasteiger charge is 2.45. The lowest BCUT2D eigenvalue weighted by Crippen LogP contribution is -2.54. The van der Waals surface area contributed by atoms with Gasteiger partial charge in [0.1, 0.15) is 6.61 Å². The van der Waals surface area contributed by atoms with E-state index in [0.717, 1.165) is 12.1 Å². The van der Waals surface area contributed by atoms with Gasteiger partial charge in [0.25, 0.3) is 0 Å². The fourth-order valence-corrected chi connectivity index (χ4v) is 3.53. The third-order valence-corrected chi connectivity index (χ3v) is 5.10. The number of fused-ring (bicyclic) bond motifs is 1. The van der Waals surface area contributed by atoms with Crippen molar-refractivity contribution in [2.75, 3.05) is 26.2 Å². The predicted octanol–water partition coefficient (Wildman–Crippen LogP) is 1.22. The Bertz CT molecular complexity index is 617.